The summed E-state index contributed by atoms with van der Waals surface area (Å²) in [5.74, 6) is -1.03. The van der Waals surface area contributed by atoms with E-state index in [-0.39, 0.29) is 10.1 Å². The number of aromatic nitrogens is 2. The van der Waals surface area contributed by atoms with E-state index < -0.39 is 11.9 Å². The lowest BCUT2D eigenvalue weighted by Gasteiger charge is -2.08. The zero-order valence-electron chi connectivity index (χ0n) is 15.3. The highest BCUT2D eigenvalue weighted by Crippen LogP contribution is 2.24. The molecule has 2 heterocycles. The Bertz CT molecular complexity index is 1080. The Kier molecular flexibility index (Phi) is 5.90. The van der Waals surface area contributed by atoms with Crippen LogP contribution in [0.25, 0.3) is 5.69 Å². The third-order valence-electron chi connectivity index (χ3n) is 3.83. The summed E-state index contributed by atoms with van der Waals surface area (Å²) in [7, 11) is 1.24. The van der Waals surface area contributed by atoms with Gasteiger partial charge in [-0.25, -0.2) is 4.79 Å². The van der Waals surface area contributed by atoms with Crippen molar-refractivity contribution in [1.29, 1.82) is 0 Å². The topological polar surface area (TPSA) is 101 Å². The fourth-order valence-electron chi connectivity index (χ4n) is 2.61. The van der Waals surface area contributed by atoms with Gasteiger partial charge in [0.05, 0.1) is 23.4 Å². The summed E-state index contributed by atoms with van der Waals surface area (Å²) >= 11 is 6.46. The minimum absolute atomic E-state index is 0.198. The van der Waals surface area contributed by atoms with Gasteiger partial charge in [-0.3, -0.25) is 14.7 Å². The van der Waals surface area contributed by atoms with Crippen LogP contribution in [0.3, 0.4) is 0 Å². The largest absolute Gasteiger partial charge is 0.466 e. The minimum Gasteiger partial charge on any atom is -0.466 e. The number of methoxy groups -OCH3 is 1. The number of hydrogen-bond donors (Lipinski definition) is 2. The zero-order chi connectivity index (χ0) is 20.3. The number of ether oxygens (including phenoxy) is 1. The number of para-hydroxylation sites is 1. The molecule has 1 aromatic carbocycles. The number of aryl methyl sites for hydroxylation is 1. The minimum atomic E-state index is -0.608. The first kappa shape index (κ1) is 19.8. The van der Waals surface area contributed by atoms with Crippen molar-refractivity contribution in [2.24, 2.45) is 10.2 Å². The third kappa shape index (κ3) is 4.12. The first-order valence-electron chi connectivity index (χ1n) is 8.19. The van der Waals surface area contributed by atoms with Gasteiger partial charge in [-0.05, 0) is 50.0 Å². The summed E-state index contributed by atoms with van der Waals surface area (Å²) in [6.45, 7) is 3.71. The monoisotopic (exact) mass is 415 g/mol. The van der Waals surface area contributed by atoms with E-state index in [4.69, 9.17) is 12.2 Å². The number of benzene rings is 1. The number of rotatable bonds is 4. The summed E-state index contributed by atoms with van der Waals surface area (Å²) in [6.07, 6.45) is 1.11. The molecular weight excluding hydrogens is 398 g/mol. The molecule has 1 aliphatic heterocycles. The van der Waals surface area contributed by atoms with E-state index in [1.54, 1.807) is 6.92 Å². The molecule has 0 radical (unpaired) electrons. The number of esters is 1. The van der Waals surface area contributed by atoms with Crippen LogP contribution in [0.4, 0.5) is 0 Å². The van der Waals surface area contributed by atoms with Gasteiger partial charge >= 0.3 is 5.97 Å². The highest BCUT2D eigenvalue weighted by Gasteiger charge is 2.25. The first-order chi connectivity index (χ1) is 13.4. The Hall–Kier alpha value is -2.98. The van der Waals surface area contributed by atoms with Crippen LogP contribution in [0.2, 0.25) is 0 Å². The maximum atomic E-state index is 11.9. The van der Waals surface area contributed by atoms with E-state index in [9.17, 15) is 9.59 Å². The standard InChI is InChI=1S/C18H17N5O3S2/c1-10-15(23(18(27)19-10)12-7-5-4-6-8-12)11(2)21-22-17-20-16(25)13(28-17)9-14(24)26-3/h4-9H,1-3H3,(H,19,27)(H,20,22,25)/b13-9+,21-11+. The Morgan fingerprint density at radius 2 is 2.04 bits per heavy atom. The van der Waals surface area contributed by atoms with Gasteiger partial charge in [0.15, 0.2) is 9.94 Å². The molecule has 0 unspecified atom stereocenters. The van der Waals surface area contributed by atoms with Gasteiger partial charge in [-0.15, -0.1) is 5.10 Å². The van der Waals surface area contributed by atoms with Crippen molar-refractivity contribution in [3.8, 4) is 5.69 Å². The smallest absolute Gasteiger partial charge is 0.331 e. The molecular formula is C18H17N5O3S2. The van der Waals surface area contributed by atoms with E-state index in [1.807, 2.05) is 41.8 Å². The SMILES string of the molecule is COC(=O)/C=C1/S/C(=N\N=C(/C)c2c(C)[nH]c(=S)n2-c2ccccc2)NC1=O. The van der Waals surface area contributed by atoms with Crippen LogP contribution < -0.4 is 5.32 Å². The van der Waals surface area contributed by atoms with Crippen molar-refractivity contribution in [3.63, 3.8) is 0 Å². The number of thioether (sulfide) groups is 1. The molecule has 1 saturated heterocycles. The maximum Gasteiger partial charge on any atom is 0.331 e. The number of amidine groups is 1. The quantitative estimate of drug-likeness (QED) is 0.263. The second-order valence-corrected chi connectivity index (χ2v) is 7.17. The number of H-pyrrole nitrogens is 1. The van der Waals surface area contributed by atoms with E-state index in [0.29, 0.717) is 10.5 Å². The summed E-state index contributed by atoms with van der Waals surface area (Å²) in [4.78, 5) is 26.5. The molecule has 1 amide bonds. The average Bonchev–Trinajstić information content (AvgIpc) is 3.18. The van der Waals surface area contributed by atoms with E-state index in [2.05, 4.69) is 25.2 Å². The predicted octanol–water partition coefficient (Wildman–Crippen LogP) is 2.84. The van der Waals surface area contributed by atoms with E-state index in [0.717, 1.165) is 34.9 Å². The van der Waals surface area contributed by atoms with Crippen molar-refractivity contribution >= 4 is 46.7 Å². The van der Waals surface area contributed by atoms with Gasteiger partial charge in [0.2, 0.25) is 0 Å². The van der Waals surface area contributed by atoms with Crippen LogP contribution in [0.15, 0.2) is 51.5 Å². The third-order valence-corrected chi connectivity index (χ3v) is 5.01. The molecule has 2 aromatic rings. The van der Waals surface area contributed by atoms with Crippen LogP contribution in [0.5, 0.6) is 0 Å². The number of nitrogens with zero attached hydrogens (tertiary/aromatic N) is 3. The molecule has 3 rings (SSSR count). The van der Waals surface area contributed by atoms with Gasteiger partial charge < -0.3 is 9.72 Å². The van der Waals surface area contributed by atoms with Crippen LogP contribution in [0.1, 0.15) is 18.3 Å². The molecule has 0 atom stereocenters. The van der Waals surface area contributed by atoms with E-state index in [1.165, 1.54) is 7.11 Å². The highest BCUT2D eigenvalue weighted by molar-refractivity contribution is 8.18. The highest BCUT2D eigenvalue weighted by atomic mass is 32.2. The fourth-order valence-corrected chi connectivity index (χ4v) is 3.69. The Balaban J connectivity index is 1.93. The molecule has 28 heavy (non-hydrogen) atoms. The van der Waals surface area contributed by atoms with Crippen LogP contribution in [0, 0.1) is 11.7 Å². The van der Waals surface area contributed by atoms with Gasteiger partial charge in [0, 0.05) is 17.5 Å². The number of amides is 1. The van der Waals surface area contributed by atoms with E-state index >= 15 is 0 Å². The van der Waals surface area contributed by atoms with Crippen molar-refractivity contribution < 1.29 is 14.3 Å². The molecule has 1 aromatic heterocycles. The average molecular weight is 416 g/mol. The van der Waals surface area contributed by atoms with Crippen LogP contribution in [-0.2, 0) is 14.3 Å². The molecule has 2 N–H and O–H groups in total. The lowest BCUT2D eigenvalue weighted by Crippen LogP contribution is -2.19. The summed E-state index contributed by atoms with van der Waals surface area (Å²) in [6, 6.07) is 9.68. The molecule has 8 nitrogen and oxygen atoms in total. The summed E-state index contributed by atoms with van der Waals surface area (Å²) in [5, 5.41) is 11.2. The molecule has 10 heteroatoms. The molecule has 1 fully saturated rings. The number of aromatic amines is 1. The van der Waals surface area contributed by atoms with Gasteiger partial charge in [0.1, 0.15) is 0 Å². The first-order valence-corrected chi connectivity index (χ1v) is 9.41. The predicted molar refractivity (Wildman–Crippen MR) is 111 cm³/mol. The number of nitrogens with one attached hydrogen (secondary N) is 2. The van der Waals surface area contributed by atoms with Gasteiger partial charge in [-0.1, -0.05) is 18.2 Å². The van der Waals surface area contributed by atoms with Crippen molar-refractivity contribution in [3.05, 3.63) is 57.5 Å². The summed E-state index contributed by atoms with van der Waals surface area (Å²) in [5.41, 5.74) is 3.16. The molecule has 0 saturated carbocycles. The Labute approximate surface area is 170 Å². The Morgan fingerprint density at radius 1 is 1.32 bits per heavy atom. The second kappa shape index (κ2) is 8.36. The Morgan fingerprint density at radius 3 is 2.71 bits per heavy atom. The number of hydrogen-bond acceptors (Lipinski definition) is 7. The molecule has 0 spiro atoms. The molecule has 0 bridgehead atoms. The maximum absolute atomic E-state index is 11.9. The van der Waals surface area contributed by atoms with Gasteiger partial charge in [-0.2, -0.15) is 5.10 Å². The molecule has 144 valence electrons. The van der Waals surface area contributed by atoms with Crippen molar-refractivity contribution in [2.75, 3.05) is 7.11 Å². The van der Waals surface area contributed by atoms with Crippen LogP contribution in [-0.4, -0.2) is 39.4 Å². The lowest BCUT2D eigenvalue weighted by molar-refractivity contribution is -0.135. The number of carbonyl (C=O) groups excluding carboxylic acids is 2. The lowest BCUT2D eigenvalue weighted by atomic mass is 10.2. The van der Waals surface area contributed by atoms with Crippen molar-refractivity contribution in [1.82, 2.24) is 14.9 Å². The summed E-state index contributed by atoms with van der Waals surface area (Å²) < 4.78 is 6.96. The normalized spacial score (nSPS) is 17.2. The molecule has 1 aliphatic rings. The fraction of sp³-hybridized carbons (Fsp3) is 0.167. The van der Waals surface area contributed by atoms with Gasteiger partial charge in [0.25, 0.3) is 5.91 Å². The van der Waals surface area contributed by atoms with Crippen molar-refractivity contribution in [2.45, 2.75) is 13.8 Å². The van der Waals surface area contributed by atoms with Crippen LogP contribution >= 0.6 is 24.0 Å². The second-order valence-electron chi connectivity index (χ2n) is 5.75. The molecule has 0 aliphatic carbocycles. The number of carbonyl (C=O) groups is 2. The zero-order valence-corrected chi connectivity index (χ0v) is 17.0. The number of imidazole rings is 1.